The van der Waals surface area contributed by atoms with Crippen molar-refractivity contribution in [2.24, 2.45) is 16.8 Å². The molecule has 1 unspecified atom stereocenters. The highest BCUT2D eigenvalue weighted by Gasteiger charge is 2.60. The zero-order valence-corrected chi connectivity index (χ0v) is 15.5. The summed E-state index contributed by atoms with van der Waals surface area (Å²) in [6, 6.07) is -0.258. The van der Waals surface area contributed by atoms with E-state index in [4.69, 9.17) is 0 Å². The number of nitrogens with zero attached hydrogens (tertiary/aromatic N) is 3. The van der Waals surface area contributed by atoms with Gasteiger partial charge in [0.1, 0.15) is 5.70 Å². The molecule has 4 aliphatic rings. The molecule has 4 aliphatic heterocycles. The standard InChI is InChI=1S/C16H19N3O4S2/c1-7-11-10(8(2)20)14(21)19(11)12(15(22)23)13(7)25-9-5-17-16-18(6-9)3-4-24-16/h3-4,7-11,20H,5-6H2,1-2H3,(H,22,23)/t7-,8-,9?,10-,11-/m1/s1. The van der Waals surface area contributed by atoms with E-state index in [2.05, 4.69) is 9.89 Å². The van der Waals surface area contributed by atoms with Crippen molar-refractivity contribution in [3.63, 3.8) is 0 Å². The van der Waals surface area contributed by atoms with Gasteiger partial charge in [-0.05, 0) is 12.3 Å². The molecule has 2 N–H and O–H groups in total. The van der Waals surface area contributed by atoms with Crippen molar-refractivity contribution in [1.29, 1.82) is 0 Å². The number of amidine groups is 1. The minimum atomic E-state index is -1.08. The van der Waals surface area contributed by atoms with Gasteiger partial charge in [0.2, 0.25) is 5.91 Å². The Morgan fingerprint density at radius 3 is 2.96 bits per heavy atom. The topological polar surface area (TPSA) is 93.4 Å². The molecule has 1 saturated heterocycles. The molecule has 7 nitrogen and oxygen atoms in total. The number of rotatable bonds is 4. The number of carboxylic acids is 1. The number of β-lactam (4-membered cyclic amide) rings is 1. The monoisotopic (exact) mass is 381 g/mol. The molecule has 1 fully saturated rings. The van der Waals surface area contributed by atoms with Crippen LogP contribution in [0.4, 0.5) is 0 Å². The van der Waals surface area contributed by atoms with E-state index >= 15 is 0 Å². The maximum Gasteiger partial charge on any atom is 0.353 e. The van der Waals surface area contributed by atoms with E-state index < -0.39 is 18.0 Å². The lowest BCUT2D eigenvalue weighted by Gasteiger charge is -2.46. The van der Waals surface area contributed by atoms with Crippen LogP contribution in [0.2, 0.25) is 0 Å². The summed E-state index contributed by atoms with van der Waals surface area (Å²) in [5.74, 6) is -1.98. The summed E-state index contributed by atoms with van der Waals surface area (Å²) in [7, 11) is 0. The van der Waals surface area contributed by atoms with Crippen molar-refractivity contribution in [2.75, 3.05) is 13.1 Å². The molecular weight excluding hydrogens is 362 g/mol. The van der Waals surface area contributed by atoms with E-state index in [-0.39, 0.29) is 28.8 Å². The van der Waals surface area contributed by atoms with Crippen LogP contribution in [0, 0.1) is 11.8 Å². The van der Waals surface area contributed by atoms with Crippen molar-refractivity contribution in [2.45, 2.75) is 31.2 Å². The zero-order valence-electron chi connectivity index (χ0n) is 13.8. The average Bonchev–Trinajstić information content (AvgIpc) is 3.09. The third kappa shape index (κ3) is 2.51. The molecule has 134 valence electrons. The average molecular weight is 381 g/mol. The lowest BCUT2D eigenvalue weighted by atomic mass is 9.79. The minimum absolute atomic E-state index is 0.0884. The molecule has 4 rings (SSSR count). The van der Waals surface area contributed by atoms with Crippen LogP contribution in [0.1, 0.15) is 13.8 Å². The number of hydrogen-bond acceptors (Lipinski definition) is 7. The number of amides is 1. The first kappa shape index (κ1) is 17.0. The number of thioether (sulfide) groups is 2. The highest BCUT2D eigenvalue weighted by atomic mass is 32.2. The van der Waals surface area contributed by atoms with Gasteiger partial charge in [-0.1, -0.05) is 18.7 Å². The van der Waals surface area contributed by atoms with Crippen molar-refractivity contribution < 1.29 is 19.8 Å². The molecule has 1 amide bonds. The number of hydrogen-bond donors (Lipinski definition) is 2. The Morgan fingerprint density at radius 2 is 2.28 bits per heavy atom. The van der Waals surface area contributed by atoms with E-state index in [1.807, 2.05) is 18.5 Å². The van der Waals surface area contributed by atoms with Crippen molar-refractivity contribution in [3.8, 4) is 0 Å². The fourth-order valence-corrected chi connectivity index (χ4v) is 6.10. The molecule has 0 radical (unpaired) electrons. The summed E-state index contributed by atoms with van der Waals surface area (Å²) in [5.41, 5.74) is 0.0884. The lowest BCUT2D eigenvalue weighted by Crippen LogP contribution is -2.63. The maximum absolute atomic E-state index is 12.3. The smallest absolute Gasteiger partial charge is 0.353 e. The van der Waals surface area contributed by atoms with E-state index in [1.165, 1.54) is 16.7 Å². The molecule has 0 bridgehead atoms. The zero-order chi connectivity index (χ0) is 17.9. The second-order valence-corrected chi connectivity index (χ2v) is 8.91. The van der Waals surface area contributed by atoms with Crippen LogP contribution in [0.25, 0.3) is 0 Å². The molecule has 0 aromatic carbocycles. The molecule has 0 aliphatic carbocycles. The van der Waals surface area contributed by atoms with Crippen LogP contribution in [-0.4, -0.2) is 67.5 Å². The second-order valence-electron chi connectivity index (χ2n) is 6.69. The van der Waals surface area contributed by atoms with Crippen molar-refractivity contribution >= 4 is 40.6 Å². The first-order chi connectivity index (χ1) is 11.9. The summed E-state index contributed by atoms with van der Waals surface area (Å²) in [6.07, 6.45) is 1.21. The Labute approximate surface area is 153 Å². The van der Waals surface area contributed by atoms with Crippen LogP contribution in [0.15, 0.2) is 27.2 Å². The summed E-state index contributed by atoms with van der Waals surface area (Å²) in [5, 5.41) is 22.7. The van der Waals surface area contributed by atoms with Gasteiger partial charge in [0.15, 0.2) is 5.17 Å². The molecule has 0 aromatic heterocycles. The normalized spacial score (nSPS) is 34.7. The molecule has 0 aromatic rings. The number of carboxylic acid groups (broad SMARTS) is 1. The largest absolute Gasteiger partial charge is 0.477 e. The molecule has 4 heterocycles. The second kappa shape index (κ2) is 6.07. The van der Waals surface area contributed by atoms with Gasteiger partial charge in [0.05, 0.1) is 24.6 Å². The van der Waals surface area contributed by atoms with Gasteiger partial charge >= 0.3 is 5.97 Å². The SMILES string of the molecule is C[C@@H](O)[C@H]1C(=O)N2C(C(=O)O)=C(SC3CN=C4SC=CN4C3)[C@H](C)[C@H]12. The predicted molar refractivity (Wildman–Crippen MR) is 96.7 cm³/mol. The van der Waals surface area contributed by atoms with Crippen LogP contribution in [0.3, 0.4) is 0 Å². The van der Waals surface area contributed by atoms with Gasteiger partial charge < -0.3 is 20.0 Å². The molecule has 0 spiro atoms. The van der Waals surface area contributed by atoms with Gasteiger partial charge in [-0.25, -0.2) is 4.79 Å². The van der Waals surface area contributed by atoms with Crippen LogP contribution < -0.4 is 0 Å². The highest BCUT2D eigenvalue weighted by Crippen LogP contribution is 2.51. The van der Waals surface area contributed by atoms with Crippen LogP contribution in [0.5, 0.6) is 0 Å². The van der Waals surface area contributed by atoms with Crippen LogP contribution >= 0.6 is 23.5 Å². The summed E-state index contributed by atoms with van der Waals surface area (Å²) in [4.78, 5) is 32.9. The number of aliphatic imine (C=N–C) groups is 1. The Bertz CT molecular complexity index is 733. The van der Waals surface area contributed by atoms with Gasteiger partial charge in [-0.15, -0.1) is 11.8 Å². The fraction of sp³-hybridized carbons (Fsp3) is 0.562. The van der Waals surface area contributed by atoms with E-state index in [1.54, 1.807) is 18.7 Å². The maximum atomic E-state index is 12.3. The van der Waals surface area contributed by atoms with E-state index in [0.717, 1.165) is 16.6 Å². The quantitative estimate of drug-likeness (QED) is 0.705. The summed E-state index contributed by atoms with van der Waals surface area (Å²) < 4.78 is 0. The number of fused-ring (bicyclic) bond motifs is 2. The molecule has 5 atom stereocenters. The Hall–Kier alpha value is -1.45. The number of aliphatic carboxylic acids is 1. The fourth-order valence-electron chi connectivity index (χ4n) is 3.95. The van der Waals surface area contributed by atoms with Gasteiger partial charge in [-0.3, -0.25) is 9.79 Å². The van der Waals surface area contributed by atoms with E-state index in [0.29, 0.717) is 6.54 Å². The number of carbonyl (C=O) groups is 2. The van der Waals surface area contributed by atoms with E-state index in [9.17, 15) is 19.8 Å². The summed E-state index contributed by atoms with van der Waals surface area (Å²) >= 11 is 3.11. The lowest BCUT2D eigenvalue weighted by molar-refractivity contribution is -0.163. The molecule has 0 saturated carbocycles. The molecule has 25 heavy (non-hydrogen) atoms. The first-order valence-electron chi connectivity index (χ1n) is 8.19. The number of aliphatic hydroxyl groups is 1. The molecular formula is C16H19N3O4S2. The predicted octanol–water partition coefficient (Wildman–Crippen LogP) is 1.13. The third-order valence-corrected chi connectivity index (χ3v) is 7.38. The van der Waals surface area contributed by atoms with Crippen molar-refractivity contribution in [1.82, 2.24) is 9.80 Å². The Balaban J connectivity index is 1.59. The minimum Gasteiger partial charge on any atom is -0.477 e. The third-order valence-electron chi connectivity index (χ3n) is 5.10. The Kier molecular flexibility index (Phi) is 4.12. The molecule has 9 heteroatoms. The first-order valence-corrected chi connectivity index (χ1v) is 9.95. The number of carbonyl (C=O) groups excluding carboxylic acids is 1. The number of aliphatic hydroxyl groups excluding tert-OH is 1. The highest BCUT2D eigenvalue weighted by molar-refractivity contribution is 8.16. The van der Waals surface area contributed by atoms with Gasteiger partial charge in [0, 0.05) is 28.8 Å². The Morgan fingerprint density at radius 1 is 1.52 bits per heavy atom. The van der Waals surface area contributed by atoms with Gasteiger partial charge in [-0.2, -0.15) is 0 Å². The van der Waals surface area contributed by atoms with Crippen molar-refractivity contribution in [3.05, 3.63) is 22.2 Å². The van der Waals surface area contributed by atoms with Gasteiger partial charge in [0.25, 0.3) is 0 Å². The summed E-state index contributed by atoms with van der Waals surface area (Å²) in [6.45, 7) is 4.94. The van der Waals surface area contributed by atoms with Crippen LogP contribution in [-0.2, 0) is 9.59 Å².